The van der Waals surface area contributed by atoms with Crippen LogP contribution < -0.4 is 5.32 Å². The standard InChI is InChI=1S/C24H25F4N5O3/c1-13-5-6-19(33(13)22(35)36-23(2,3)4)21(34)32-10-15-8-18(30-12-17(15)25)16-7-14(9-29)20(31-11-16)24(26,27)28/h7-8,11-13,19H,5-6,10H2,1-4H3,(H,32,34)/t13-,19-/m0/s1. The van der Waals surface area contributed by atoms with Gasteiger partial charge in [0.25, 0.3) is 0 Å². The Balaban J connectivity index is 1.77. The van der Waals surface area contributed by atoms with Crippen LogP contribution in [0.2, 0.25) is 0 Å². The van der Waals surface area contributed by atoms with Crippen molar-refractivity contribution < 1.29 is 31.9 Å². The number of nitrogens with zero attached hydrogens (tertiary/aromatic N) is 4. The second-order valence-corrected chi connectivity index (χ2v) is 9.44. The number of aromatic nitrogens is 2. The van der Waals surface area contributed by atoms with Gasteiger partial charge in [-0.3, -0.25) is 14.7 Å². The van der Waals surface area contributed by atoms with E-state index in [1.807, 2.05) is 0 Å². The van der Waals surface area contributed by atoms with Crippen LogP contribution in [0.4, 0.5) is 22.4 Å². The van der Waals surface area contributed by atoms with Gasteiger partial charge >= 0.3 is 12.3 Å². The van der Waals surface area contributed by atoms with Crippen LogP contribution >= 0.6 is 0 Å². The predicted octanol–water partition coefficient (Wildman–Crippen LogP) is 4.58. The minimum Gasteiger partial charge on any atom is -0.444 e. The normalized spacial score (nSPS) is 18.0. The van der Waals surface area contributed by atoms with Crippen molar-refractivity contribution >= 4 is 12.0 Å². The third-order valence-electron chi connectivity index (χ3n) is 5.54. The lowest BCUT2D eigenvalue weighted by molar-refractivity contribution is -0.141. The number of ether oxygens (including phenoxy) is 1. The van der Waals surface area contributed by atoms with Crippen LogP contribution in [0.15, 0.2) is 24.5 Å². The summed E-state index contributed by atoms with van der Waals surface area (Å²) in [5, 5.41) is 11.7. The van der Waals surface area contributed by atoms with Crippen LogP contribution in [0.1, 0.15) is 57.4 Å². The summed E-state index contributed by atoms with van der Waals surface area (Å²) in [5.41, 5.74) is -2.60. The average Bonchev–Trinajstić information content (AvgIpc) is 3.17. The molecule has 1 saturated heterocycles. The molecule has 1 aliphatic rings. The molecule has 1 aliphatic heterocycles. The Morgan fingerprint density at radius 2 is 1.89 bits per heavy atom. The van der Waals surface area contributed by atoms with Crippen molar-refractivity contribution in [3.05, 3.63) is 47.2 Å². The molecule has 0 aliphatic carbocycles. The molecule has 12 heteroatoms. The molecule has 0 spiro atoms. The molecule has 2 amide bonds. The molecule has 0 bridgehead atoms. The number of hydrogen-bond acceptors (Lipinski definition) is 6. The molecule has 36 heavy (non-hydrogen) atoms. The number of pyridine rings is 2. The Kier molecular flexibility index (Phi) is 7.52. The number of likely N-dealkylation sites (tertiary alicyclic amines) is 1. The van der Waals surface area contributed by atoms with Gasteiger partial charge in [-0.05, 0) is 52.7 Å². The van der Waals surface area contributed by atoms with Crippen molar-refractivity contribution in [1.29, 1.82) is 5.26 Å². The lowest BCUT2D eigenvalue weighted by Gasteiger charge is -2.30. The van der Waals surface area contributed by atoms with E-state index in [9.17, 15) is 27.2 Å². The molecule has 192 valence electrons. The molecule has 2 aromatic rings. The molecule has 3 heterocycles. The lowest BCUT2D eigenvalue weighted by Crippen LogP contribution is -2.49. The third-order valence-corrected chi connectivity index (χ3v) is 5.54. The molecule has 8 nitrogen and oxygen atoms in total. The molecule has 0 saturated carbocycles. The fourth-order valence-electron chi connectivity index (χ4n) is 3.85. The fraction of sp³-hybridized carbons (Fsp3) is 0.458. The number of halogens is 4. The second kappa shape index (κ2) is 10.1. The van der Waals surface area contributed by atoms with Gasteiger partial charge in [-0.15, -0.1) is 0 Å². The van der Waals surface area contributed by atoms with Gasteiger partial charge in [0.15, 0.2) is 5.69 Å². The van der Waals surface area contributed by atoms with Crippen LogP contribution in [0.25, 0.3) is 11.3 Å². The van der Waals surface area contributed by atoms with E-state index in [1.54, 1.807) is 27.7 Å². The first-order chi connectivity index (χ1) is 16.7. The second-order valence-electron chi connectivity index (χ2n) is 9.44. The third kappa shape index (κ3) is 6.08. The SMILES string of the molecule is C[C@H]1CC[C@@H](C(=O)NCc2cc(-c3cnc(C(F)(F)F)c(C#N)c3)ncc2F)N1C(=O)OC(C)(C)C. The highest BCUT2D eigenvalue weighted by molar-refractivity contribution is 5.86. The molecule has 3 rings (SSSR count). The van der Waals surface area contributed by atoms with Crippen LogP contribution in [-0.2, 0) is 22.3 Å². The molecule has 0 radical (unpaired) electrons. The zero-order chi connectivity index (χ0) is 26.8. The molecular weight excluding hydrogens is 482 g/mol. The predicted molar refractivity (Wildman–Crippen MR) is 120 cm³/mol. The number of nitrogens with one attached hydrogen (secondary N) is 1. The summed E-state index contributed by atoms with van der Waals surface area (Å²) in [7, 11) is 0. The molecule has 0 unspecified atom stereocenters. The zero-order valence-electron chi connectivity index (χ0n) is 20.1. The largest absolute Gasteiger partial charge is 0.444 e. The summed E-state index contributed by atoms with van der Waals surface area (Å²) < 4.78 is 58.9. The first kappa shape index (κ1) is 26.8. The number of rotatable bonds is 4. The minimum atomic E-state index is -4.81. The monoisotopic (exact) mass is 507 g/mol. The van der Waals surface area contributed by atoms with Gasteiger partial charge < -0.3 is 10.1 Å². The Labute approximate surface area is 205 Å². The maximum absolute atomic E-state index is 14.4. The van der Waals surface area contributed by atoms with Gasteiger partial charge in [0.2, 0.25) is 5.91 Å². The van der Waals surface area contributed by atoms with Crippen molar-refractivity contribution in [2.75, 3.05) is 0 Å². The highest BCUT2D eigenvalue weighted by Crippen LogP contribution is 2.32. The van der Waals surface area contributed by atoms with Crippen molar-refractivity contribution in [3.63, 3.8) is 0 Å². The summed E-state index contributed by atoms with van der Waals surface area (Å²) in [6, 6.07) is 2.66. The summed E-state index contributed by atoms with van der Waals surface area (Å²) in [4.78, 5) is 34.1. The highest BCUT2D eigenvalue weighted by Gasteiger charge is 2.41. The van der Waals surface area contributed by atoms with E-state index < -0.39 is 46.9 Å². The minimum absolute atomic E-state index is 0.0154. The average molecular weight is 507 g/mol. The Morgan fingerprint density at radius 3 is 2.50 bits per heavy atom. The van der Waals surface area contributed by atoms with Crippen molar-refractivity contribution in [2.24, 2.45) is 0 Å². The van der Waals surface area contributed by atoms with Crippen molar-refractivity contribution in [2.45, 2.75) is 70.9 Å². The van der Waals surface area contributed by atoms with Crippen LogP contribution in [-0.4, -0.2) is 44.6 Å². The van der Waals surface area contributed by atoms with Crippen LogP contribution in [0.5, 0.6) is 0 Å². The van der Waals surface area contributed by atoms with E-state index in [0.717, 1.165) is 18.5 Å². The zero-order valence-corrected chi connectivity index (χ0v) is 20.1. The van der Waals surface area contributed by atoms with E-state index in [0.29, 0.717) is 12.8 Å². The molecule has 0 aromatic carbocycles. The fourth-order valence-corrected chi connectivity index (χ4v) is 3.85. The van der Waals surface area contributed by atoms with E-state index in [4.69, 9.17) is 10.00 Å². The van der Waals surface area contributed by atoms with E-state index in [-0.39, 0.29) is 29.4 Å². The Morgan fingerprint density at radius 1 is 1.19 bits per heavy atom. The van der Waals surface area contributed by atoms with Gasteiger partial charge in [-0.1, -0.05) is 0 Å². The maximum Gasteiger partial charge on any atom is 0.434 e. The van der Waals surface area contributed by atoms with Gasteiger partial charge in [-0.25, -0.2) is 14.2 Å². The molecular formula is C24H25F4N5O3. The first-order valence-electron chi connectivity index (χ1n) is 11.1. The van der Waals surface area contributed by atoms with Gasteiger partial charge in [0.05, 0.1) is 17.5 Å². The first-order valence-corrected chi connectivity index (χ1v) is 11.1. The van der Waals surface area contributed by atoms with E-state index >= 15 is 0 Å². The van der Waals surface area contributed by atoms with E-state index in [1.165, 1.54) is 17.0 Å². The van der Waals surface area contributed by atoms with Crippen molar-refractivity contribution in [3.8, 4) is 17.3 Å². The van der Waals surface area contributed by atoms with Gasteiger partial charge in [0, 0.05) is 29.9 Å². The lowest BCUT2D eigenvalue weighted by atomic mass is 10.1. The van der Waals surface area contributed by atoms with Crippen molar-refractivity contribution in [1.82, 2.24) is 20.2 Å². The number of nitriles is 1. The summed E-state index contributed by atoms with van der Waals surface area (Å²) in [6.45, 7) is 6.70. The Bertz CT molecular complexity index is 1200. The summed E-state index contributed by atoms with van der Waals surface area (Å²) in [5.74, 6) is -1.24. The van der Waals surface area contributed by atoms with Crippen LogP contribution in [0.3, 0.4) is 0 Å². The molecule has 2 aromatic heterocycles. The number of carbonyl (C=O) groups excluding carboxylic acids is 2. The number of hydrogen-bond donors (Lipinski definition) is 1. The number of carbonyl (C=O) groups is 2. The Hall–Kier alpha value is -3.75. The summed E-state index contributed by atoms with van der Waals surface area (Å²) in [6.07, 6.45) is -2.67. The van der Waals surface area contributed by atoms with Gasteiger partial charge in [0.1, 0.15) is 23.5 Å². The molecule has 1 N–H and O–H groups in total. The number of alkyl halides is 3. The summed E-state index contributed by atoms with van der Waals surface area (Å²) >= 11 is 0. The smallest absolute Gasteiger partial charge is 0.434 e. The van der Waals surface area contributed by atoms with Crippen LogP contribution in [0, 0.1) is 17.1 Å². The van der Waals surface area contributed by atoms with E-state index in [2.05, 4.69) is 15.3 Å². The number of amides is 2. The van der Waals surface area contributed by atoms with Gasteiger partial charge in [-0.2, -0.15) is 18.4 Å². The quantitative estimate of drug-likeness (QED) is 0.607. The maximum atomic E-state index is 14.4. The highest BCUT2D eigenvalue weighted by atomic mass is 19.4. The topological polar surface area (TPSA) is 108 Å². The molecule has 1 fully saturated rings. The molecule has 2 atom stereocenters.